The van der Waals surface area contributed by atoms with Crippen molar-refractivity contribution in [2.24, 2.45) is 5.73 Å². The molecule has 0 amide bonds. The highest BCUT2D eigenvalue weighted by molar-refractivity contribution is 5.77. The fourth-order valence-electron chi connectivity index (χ4n) is 2.36. The first kappa shape index (κ1) is 15.4. The number of hydrogen-bond acceptors (Lipinski definition) is 3. The van der Waals surface area contributed by atoms with Gasteiger partial charge in [-0.25, -0.2) is 0 Å². The summed E-state index contributed by atoms with van der Waals surface area (Å²) >= 11 is 0. The number of aliphatic carboxylic acids is 1. The Morgan fingerprint density at radius 2 is 1.89 bits per heavy atom. The Morgan fingerprint density at radius 1 is 1.28 bits per heavy atom. The molecule has 0 heterocycles. The predicted octanol–water partition coefficient (Wildman–Crippen LogP) is 2.70. The Hall–Kier alpha value is -0.610. The Balaban J connectivity index is 2.06. The molecule has 1 aliphatic rings. The number of carboxylic acid groups (broad SMARTS) is 1. The van der Waals surface area contributed by atoms with E-state index in [0.29, 0.717) is 12.5 Å². The van der Waals surface area contributed by atoms with Crippen LogP contribution in [0.4, 0.5) is 0 Å². The number of hydrogen-bond donors (Lipinski definition) is 2. The van der Waals surface area contributed by atoms with Crippen LogP contribution in [0.5, 0.6) is 0 Å². The van der Waals surface area contributed by atoms with Gasteiger partial charge in [-0.15, -0.1) is 0 Å². The average molecular weight is 257 g/mol. The molecule has 1 atom stereocenters. The quantitative estimate of drug-likeness (QED) is 0.543. The van der Waals surface area contributed by atoms with Gasteiger partial charge in [0.2, 0.25) is 0 Å². The zero-order valence-electron chi connectivity index (χ0n) is 11.5. The summed E-state index contributed by atoms with van der Waals surface area (Å²) in [6, 6.07) is 0. The first-order valence-electron chi connectivity index (χ1n) is 7.16. The van der Waals surface area contributed by atoms with E-state index < -0.39 is 11.5 Å². The fourth-order valence-corrected chi connectivity index (χ4v) is 2.36. The molecule has 1 rings (SSSR count). The van der Waals surface area contributed by atoms with Gasteiger partial charge in [-0.3, -0.25) is 4.79 Å². The van der Waals surface area contributed by atoms with Gasteiger partial charge in [-0.1, -0.05) is 25.7 Å². The second-order valence-electron chi connectivity index (χ2n) is 5.66. The van der Waals surface area contributed by atoms with Crippen molar-refractivity contribution in [1.82, 2.24) is 0 Å². The fraction of sp³-hybridized carbons (Fsp3) is 0.929. The molecule has 0 saturated heterocycles. The average Bonchev–Trinajstić information content (AvgIpc) is 2.57. The minimum atomic E-state index is -1.09. The van der Waals surface area contributed by atoms with E-state index in [9.17, 15) is 4.79 Å². The molecule has 4 nitrogen and oxygen atoms in total. The van der Waals surface area contributed by atoms with Gasteiger partial charge < -0.3 is 15.6 Å². The molecule has 0 aliphatic heterocycles. The molecule has 1 aliphatic carbocycles. The molecule has 0 aromatic carbocycles. The maximum Gasteiger partial charge on any atom is 0.323 e. The topological polar surface area (TPSA) is 72.5 Å². The summed E-state index contributed by atoms with van der Waals surface area (Å²) in [5.41, 5.74) is 4.57. The standard InChI is InChI=1S/C14H27NO3/c1-14(15,13(16)17)10-6-7-11-18-12-8-4-2-3-5-9-12/h12H,2-11,15H2,1H3,(H,16,17). The van der Waals surface area contributed by atoms with Crippen molar-refractivity contribution in [3.63, 3.8) is 0 Å². The number of nitrogens with two attached hydrogens (primary N) is 1. The first-order valence-corrected chi connectivity index (χ1v) is 7.16. The largest absolute Gasteiger partial charge is 0.480 e. The number of ether oxygens (including phenoxy) is 1. The Labute approximate surface area is 110 Å². The molecule has 0 aromatic rings. The zero-order valence-corrected chi connectivity index (χ0v) is 11.5. The van der Waals surface area contributed by atoms with E-state index in [1.54, 1.807) is 6.92 Å². The molecule has 3 N–H and O–H groups in total. The second-order valence-corrected chi connectivity index (χ2v) is 5.66. The molecule has 1 unspecified atom stereocenters. The third-order valence-corrected chi connectivity index (χ3v) is 3.73. The lowest BCUT2D eigenvalue weighted by molar-refractivity contribution is -0.143. The summed E-state index contributed by atoms with van der Waals surface area (Å²) in [6.45, 7) is 2.31. The van der Waals surface area contributed by atoms with Crippen molar-refractivity contribution in [1.29, 1.82) is 0 Å². The van der Waals surface area contributed by atoms with Crippen LogP contribution in [0.3, 0.4) is 0 Å². The molecule has 0 aromatic heterocycles. The van der Waals surface area contributed by atoms with Gasteiger partial charge in [0.1, 0.15) is 5.54 Å². The SMILES string of the molecule is CC(N)(CCCCOC1CCCCCC1)C(=O)O. The number of carboxylic acids is 1. The van der Waals surface area contributed by atoms with Crippen molar-refractivity contribution >= 4 is 5.97 Å². The van der Waals surface area contributed by atoms with Crippen LogP contribution in [-0.4, -0.2) is 29.3 Å². The Morgan fingerprint density at radius 3 is 2.44 bits per heavy atom. The van der Waals surface area contributed by atoms with Crippen LogP contribution in [0.2, 0.25) is 0 Å². The van der Waals surface area contributed by atoms with Crippen molar-refractivity contribution in [3.8, 4) is 0 Å². The minimum absolute atomic E-state index is 0.427. The van der Waals surface area contributed by atoms with Gasteiger partial charge >= 0.3 is 5.97 Å². The molecule has 0 spiro atoms. The van der Waals surface area contributed by atoms with E-state index in [2.05, 4.69) is 0 Å². The first-order chi connectivity index (χ1) is 8.52. The summed E-state index contributed by atoms with van der Waals surface area (Å²) in [4.78, 5) is 10.8. The number of carbonyl (C=O) groups is 1. The third kappa shape index (κ3) is 5.83. The zero-order chi connectivity index (χ0) is 13.4. The maximum atomic E-state index is 10.8. The maximum absolute atomic E-state index is 10.8. The highest BCUT2D eigenvalue weighted by atomic mass is 16.5. The van der Waals surface area contributed by atoms with E-state index in [0.717, 1.165) is 19.4 Å². The lowest BCUT2D eigenvalue weighted by Crippen LogP contribution is -2.44. The highest BCUT2D eigenvalue weighted by Crippen LogP contribution is 2.20. The molecule has 0 radical (unpaired) electrons. The van der Waals surface area contributed by atoms with Crippen molar-refractivity contribution in [2.75, 3.05) is 6.61 Å². The van der Waals surface area contributed by atoms with Gasteiger partial charge in [-0.05, 0) is 39.0 Å². The van der Waals surface area contributed by atoms with Gasteiger partial charge in [0, 0.05) is 6.61 Å². The van der Waals surface area contributed by atoms with E-state index in [4.69, 9.17) is 15.6 Å². The summed E-state index contributed by atoms with van der Waals surface area (Å²) in [5, 5.41) is 8.88. The van der Waals surface area contributed by atoms with Crippen LogP contribution in [-0.2, 0) is 9.53 Å². The number of rotatable bonds is 7. The molecule has 1 saturated carbocycles. The monoisotopic (exact) mass is 257 g/mol. The van der Waals surface area contributed by atoms with Crippen LogP contribution in [0.15, 0.2) is 0 Å². The minimum Gasteiger partial charge on any atom is -0.480 e. The van der Waals surface area contributed by atoms with Crippen LogP contribution in [0.25, 0.3) is 0 Å². The van der Waals surface area contributed by atoms with Gasteiger partial charge in [0.15, 0.2) is 0 Å². The van der Waals surface area contributed by atoms with Crippen LogP contribution < -0.4 is 5.73 Å². The lowest BCUT2D eigenvalue weighted by atomic mass is 9.96. The van der Waals surface area contributed by atoms with Crippen molar-refractivity contribution in [2.45, 2.75) is 76.4 Å². The van der Waals surface area contributed by atoms with Crippen molar-refractivity contribution in [3.05, 3.63) is 0 Å². The predicted molar refractivity (Wildman–Crippen MR) is 71.5 cm³/mol. The van der Waals surface area contributed by atoms with E-state index in [1.165, 1.54) is 38.5 Å². The molecule has 0 bridgehead atoms. The smallest absolute Gasteiger partial charge is 0.323 e. The van der Waals surface area contributed by atoms with Crippen molar-refractivity contribution < 1.29 is 14.6 Å². The second kappa shape index (κ2) is 7.74. The van der Waals surface area contributed by atoms with E-state index in [-0.39, 0.29) is 0 Å². The van der Waals surface area contributed by atoms with Gasteiger partial charge in [0.05, 0.1) is 6.10 Å². The molecule has 4 heteroatoms. The summed E-state index contributed by atoms with van der Waals surface area (Å²) in [7, 11) is 0. The van der Waals surface area contributed by atoms with Gasteiger partial charge in [-0.2, -0.15) is 0 Å². The number of unbranched alkanes of at least 4 members (excludes halogenated alkanes) is 1. The van der Waals surface area contributed by atoms with E-state index >= 15 is 0 Å². The lowest BCUT2D eigenvalue weighted by Gasteiger charge is -2.19. The summed E-state index contributed by atoms with van der Waals surface area (Å²) in [5.74, 6) is -0.924. The highest BCUT2D eigenvalue weighted by Gasteiger charge is 2.26. The molecule has 1 fully saturated rings. The summed E-state index contributed by atoms with van der Waals surface area (Å²) in [6.07, 6.45) is 10.3. The van der Waals surface area contributed by atoms with Crippen LogP contribution >= 0.6 is 0 Å². The van der Waals surface area contributed by atoms with E-state index in [1.807, 2.05) is 0 Å². The Bertz CT molecular complexity index is 245. The molecule has 106 valence electrons. The molecule has 18 heavy (non-hydrogen) atoms. The Kier molecular flexibility index (Phi) is 6.65. The third-order valence-electron chi connectivity index (χ3n) is 3.73. The molecular weight excluding hydrogens is 230 g/mol. The normalized spacial score (nSPS) is 21.2. The van der Waals surface area contributed by atoms with Gasteiger partial charge in [0.25, 0.3) is 0 Å². The van der Waals surface area contributed by atoms with Crippen LogP contribution in [0.1, 0.15) is 64.7 Å². The molecular formula is C14H27NO3. The van der Waals surface area contributed by atoms with Crippen LogP contribution in [0, 0.1) is 0 Å². The summed E-state index contributed by atoms with van der Waals surface area (Å²) < 4.78 is 5.85.